The largest absolute Gasteiger partial charge is 0.309 e. The van der Waals surface area contributed by atoms with Crippen molar-refractivity contribution in [2.75, 3.05) is 32.2 Å². The normalized spacial score (nSPS) is 17.8. The fraction of sp³-hybridized carbons (Fsp3) is 0.474. The van der Waals surface area contributed by atoms with Gasteiger partial charge in [0.05, 0.1) is 15.9 Å². The molecular weight excluding hydrogens is 346 g/mol. The second-order valence-corrected chi connectivity index (χ2v) is 7.65. The lowest BCUT2D eigenvalue weighted by Gasteiger charge is -2.09. The summed E-state index contributed by atoms with van der Waals surface area (Å²) in [6.45, 7) is 3.81. The number of aliphatic imine (C=N–C) groups is 1. The van der Waals surface area contributed by atoms with E-state index in [1.54, 1.807) is 6.21 Å². The van der Waals surface area contributed by atoms with Crippen molar-refractivity contribution in [3.63, 3.8) is 0 Å². The van der Waals surface area contributed by atoms with Gasteiger partial charge in [-0.2, -0.15) is 10.1 Å². The number of aromatic nitrogens is 1. The number of carbonyl (C=O) groups is 1. The molecule has 3 rings (SSSR count). The SMILES string of the molecule is CCCC1=NN(c2nc3ccccc3s2)C(=O)[C@@H]1C=NCCCN(C)C. The summed E-state index contributed by atoms with van der Waals surface area (Å²) in [7, 11) is 4.10. The predicted molar refractivity (Wildman–Crippen MR) is 109 cm³/mol. The Bertz CT molecular complexity index is 793. The van der Waals surface area contributed by atoms with Crippen LogP contribution in [0.25, 0.3) is 10.2 Å². The number of anilines is 1. The van der Waals surface area contributed by atoms with Crippen LogP contribution >= 0.6 is 11.3 Å². The molecule has 0 fully saturated rings. The smallest absolute Gasteiger partial charge is 0.263 e. The van der Waals surface area contributed by atoms with Crippen molar-refractivity contribution in [1.29, 1.82) is 0 Å². The van der Waals surface area contributed by atoms with Gasteiger partial charge in [-0.1, -0.05) is 36.8 Å². The molecule has 1 aliphatic heterocycles. The minimum absolute atomic E-state index is 0.0520. The molecule has 0 N–H and O–H groups in total. The summed E-state index contributed by atoms with van der Waals surface area (Å²) in [5.74, 6) is -0.412. The van der Waals surface area contributed by atoms with Crippen molar-refractivity contribution in [3.8, 4) is 0 Å². The Morgan fingerprint density at radius 3 is 2.88 bits per heavy atom. The van der Waals surface area contributed by atoms with Gasteiger partial charge in [-0.05, 0) is 45.6 Å². The molecule has 2 aromatic rings. The molecule has 0 saturated heterocycles. The van der Waals surface area contributed by atoms with Crippen LogP contribution in [0.5, 0.6) is 0 Å². The van der Waals surface area contributed by atoms with Gasteiger partial charge >= 0.3 is 0 Å². The van der Waals surface area contributed by atoms with Crippen LogP contribution in [0.4, 0.5) is 5.13 Å². The summed E-state index contributed by atoms with van der Waals surface area (Å²) in [6, 6.07) is 7.89. The summed E-state index contributed by atoms with van der Waals surface area (Å²) in [4.78, 5) is 24.1. The van der Waals surface area contributed by atoms with Gasteiger partial charge in [0.2, 0.25) is 5.13 Å². The van der Waals surface area contributed by atoms with Crippen LogP contribution in [0, 0.1) is 5.92 Å². The second-order valence-electron chi connectivity index (χ2n) is 6.65. The van der Waals surface area contributed by atoms with Crippen LogP contribution in [0.15, 0.2) is 34.4 Å². The minimum atomic E-state index is -0.360. The highest BCUT2D eigenvalue weighted by molar-refractivity contribution is 7.22. The summed E-state index contributed by atoms with van der Waals surface area (Å²) < 4.78 is 1.06. The molecule has 1 aromatic carbocycles. The summed E-state index contributed by atoms with van der Waals surface area (Å²) in [5.41, 5.74) is 1.78. The van der Waals surface area contributed by atoms with Gasteiger partial charge in [0.15, 0.2) is 0 Å². The van der Waals surface area contributed by atoms with Crippen molar-refractivity contribution in [3.05, 3.63) is 24.3 Å². The van der Waals surface area contributed by atoms with Crippen LogP contribution < -0.4 is 5.01 Å². The van der Waals surface area contributed by atoms with Crippen LogP contribution in [-0.4, -0.2) is 54.9 Å². The summed E-state index contributed by atoms with van der Waals surface area (Å²) in [6.07, 6.45) is 4.50. The highest BCUT2D eigenvalue weighted by Crippen LogP contribution is 2.32. The van der Waals surface area contributed by atoms with E-state index in [9.17, 15) is 4.79 Å². The van der Waals surface area contributed by atoms with E-state index < -0.39 is 0 Å². The van der Waals surface area contributed by atoms with E-state index in [-0.39, 0.29) is 11.8 Å². The van der Waals surface area contributed by atoms with Gasteiger partial charge in [-0.15, -0.1) is 0 Å². The zero-order valence-electron chi connectivity index (χ0n) is 15.6. The molecule has 26 heavy (non-hydrogen) atoms. The molecule has 138 valence electrons. The highest BCUT2D eigenvalue weighted by atomic mass is 32.1. The second kappa shape index (κ2) is 8.51. The number of fused-ring (bicyclic) bond motifs is 1. The number of nitrogens with zero attached hydrogens (tertiary/aromatic N) is 5. The Morgan fingerprint density at radius 2 is 2.15 bits per heavy atom. The molecule has 0 radical (unpaired) electrons. The van der Waals surface area contributed by atoms with Crippen LogP contribution in [-0.2, 0) is 4.79 Å². The molecule has 0 saturated carbocycles. The van der Waals surface area contributed by atoms with E-state index in [0.717, 1.165) is 48.3 Å². The number of hydrazone groups is 1. The third-order valence-electron chi connectivity index (χ3n) is 4.18. The number of hydrogen-bond acceptors (Lipinski definition) is 6. The topological polar surface area (TPSA) is 61.2 Å². The zero-order valence-corrected chi connectivity index (χ0v) is 16.4. The van der Waals surface area contributed by atoms with Gasteiger partial charge in [-0.25, -0.2) is 4.98 Å². The first-order valence-corrected chi connectivity index (χ1v) is 9.83. The first-order chi connectivity index (χ1) is 12.6. The Morgan fingerprint density at radius 1 is 1.35 bits per heavy atom. The maximum absolute atomic E-state index is 12.9. The molecule has 1 atom stereocenters. The number of amides is 1. The van der Waals surface area contributed by atoms with Gasteiger partial charge in [-0.3, -0.25) is 9.79 Å². The van der Waals surface area contributed by atoms with Crippen LogP contribution in [0.3, 0.4) is 0 Å². The molecule has 0 bridgehead atoms. The third-order valence-corrected chi connectivity index (χ3v) is 5.19. The Kier molecular flexibility index (Phi) is 6.11. The standard InChI is InChI=1S/C19H25N5OS/c1-4-8-15-14(13-20-11-7-12-23(2)3)18(25)24(22-15)19-21-16-9-5-6-10-17(16)26-19/h5-6,9-10,13-14H,4,7-8,11-12H2,1-3H3/t14-/m1/s1. The Hall–Kier alpha value is -2.12. The zero-order chi connectivity index (χ0) is 18.5. The molecule has 0 unspecified atom stereocenters. The fourth-order valence-electron chi connectivity index (χ4n) is 2.87. The molecule has 0 spiro atoms. The van der Waals surface area contributed by atoms with Crippen molar-refractivity contribution in [1.82, 2.24) is 9.88 Å². The first-order valence-electron chi connectivity index (χ1n) is 9.01. The van der Waals surface area contributed by atoms with E-state index in [1.165, 1.54) is 16.3 Å². The number of hydrogen-bond donors (Lipinski definition) is 0. The molecule has 1 aliphatic rings. The van der Waals surface area contributed by atoms with E-state index in [1.807, 2.05) is 38.4 Å². The van der Waals surface area contributed by atoms with Gasteiger partial charge in [0.1, 0.15) is 5.92 Å². The monoisotopic (exact) mass is 371 g/mol. The van der Waals surface area contributed by atoms with E-state index in [0.29, 0.717) is 5.13 Å². The van der Waals surface area contributed by atoms with Crippen molar-refractivity contribution < 1.29 is 4.79 Å². The van der Waals surface area contributed by atoms with Gasteiger partial charge < -0.3 is 4.90 Å². The number of rotatable bonds is 8. The molecule has 2 heterocycles. The molecular formula is C19H25N5OS. The number of thiazole rings is 1. The average Bonchev–Trinajstić information content (AvgIpc) is 3.17. The number of carbonyl (C=O) groups excluding carboxylic acids is 1. The first kappa shape index (κ1) is 18.7. The van der Waals surface area contributed by atoms with E-state index >= 15 is 0 Å². The summed E-state index contributed by atoms with van der Waals surface area (Å²) in [5, 5.41) is 6.68. The van der Waals surface area contributed by atoms with E-state index in [2.05, 4.69) is 26.9 Å². The van der Waals surface area contributed by atoms with Gasteiger partial charge in [0, 0.05) is 12.8 Å². The highest BCUT2D eigenvalue weighted by Gasteiger charge is 2.36. The third kappa shape index (κ3) is 4.16. The molecule has 6 nitrogen and oxygen atoms in total. The molecule has 1 amide bonds. The van der Waals surface area contributed by atoms with E-state index in [4.69, 9.17) is 0 Å². The van der Waals surface area contributed by atoms with Crippen LogP contribution in [0.2, 0.25) is 0 Å². The lowest BCUT2D eigenvalue weighted by atomic mass is 10.0. The van der Waals surface area contributed by atoms with Gasteiger partial charge in [0.25, 0.3) is 5.91 Å². The minimum Gasteiger partial charge on any atom is -0.309 e. The maximum atomic E-state index is 12.9. The predicted octanol–water partition coefficient (Wildman–Crippen LogP) is 3.44. The maximum Gasteiger partial charge on any atom is 0.263 e. The summed E-state index contributed by atoms with van der Waals surface area (Å²) >= 11 is 1.49. The van der Waals surface area contributed by atoms with Crippen molar-refractivity contribution in [2.45, 2.75) is 26.2 Å². The molecule has 0 aliphatic carbocycles. The quantitative estimate of drug-likeness (QED) is 0.527. The average molecular weight is 372 g/mol. The fourth-order valence-corrected chi connectivity index (χ4v) is 3.79. The lowest BCUT2D eigenvalue weighted by molar-refractivity contribution is -0.118. The molecule has 7 heteroatoms. The van der Waals surface area contributed by atoms with Crippen molar-refractivity contribution in [2.24, 2.45) is 16.0 Å². The van der Waals surface area contributed by atoms with Crippen molar-refractivity contribution >= 4 is 44.5 Å². The lowest BCUT2D eigenvalue weighted by Crippen LogP contribution is -2.28. The Balaban J connectivity index is 1.76. The number of benzene rings is 1. The molecule has 1 aromatic heterocycles. The van der Waals surface area contributed by atoms with Crippen LogP contribution in [0.1, 0.15) is 26.2 Å². The number of para-hydroxylation sites is 1. The Labute approximate surface area is 158 Å².